The van der Waals surface area contributed by atoms with E-state index < -0.39 is 0 Å². The number of aliphatic hydroxyl groups is 1. The third-order valence-electron chi connectivity index (χ3n) is 2.63. The van der Waals surface area contributed by atoms with Crippen molar-refractivity contribution in [1.82, 2.24) is 15.0 Å². The normalized spacial score (nSPS) is 11.3. The molecule has 0 aliphatic carbocycles. The quantitative estimate of drug-likeness (QED) is 0.756. The number of furan rings is 1. The van der Waals surface area contributed by atoms with Gasteiger partial charge >= 0.3 is 0 Å². The highest BCUT2D eigenvalue weighted by atomic mass is 16.5. The van der Waals surface area contributed by atoms with Crippen LogP contribution in [0.15, 0.2) is 27.5 Å². The van der Waals surface area contributed by atoms with Crippen molar-refractivity contribution in [2.75, 3.05) is 33.4 Å². The number of hydrogen-bond donors (Lipinski definition) is 1. The molecule has 0 saturated carbocycles. The highest BCUT2D eigenvalue weighted by molar-refractivity contribution is 5.49. The molecule has 7 nitrogen and oxygen atoms in total. The van der Waals surface area contributed by atoms with Crippen LogP contribution in [-0.4, -0.2) is 53.6 Å². The van der Waals surface area contributed by atoms with Crippen molar-refractivity contribution in [3.63, 3.8) is 0 Å². The number of methoxy groups -OCH3 is 1. The molecule has 2 heterocycles. The van der Waals surface area contributed by atoms with Gasteiger partial charge in [0.15, 0.2) is 5.82 Å². The zero-order valence-corrected chi connectivity index (χ0v) is 10.8. The van der Waals surface area contributed by atoms with Crippen LogP contribution in [0, 0.1) is 0 Å². The largest absolute Gasteiger partial charge is 0.472 e. The van der Waals surface area contributed by atoms with Gasteiger partial charge in [-0.25, -0.2) is 0 Å². The van der Waals surface area contributed by atoms with Crippen molar-refractivity contribution >= 4 is 0 Å². The Morgan fingerprint density at radius 1 is 1.42 bits per heavy atom. The van der Waals surface area contributed by atoms with Crippen LogP contribution in [0.4, 0.5) is 0 Å². The fourth-order valence-electron chi connectivity index (χ4n) is 1.65. The Morgan fingerprint density at radius 3 is 3.00 bits per heavy atom. The summed E-state index contributed by atoms with van der Waals surface area (Å²) in [6, 6.07) is 1.76. The lowest BCUT2D eigenvalue weighted by molar-refractivity contribution is 0.124. The van der Waals surface area contributed by atoms with Crippen molar-refractivity contribution in [1.29, 1.82) is 0 Å². The molecular formula is C12H17N3O4. The number of hydrogen-bond acceptors (Lipinski definition) is 7. The van der Waals surface area contributed by atoms with E-state index in [4.69, 9.17) is 18.8 Å². The van der Waals surface area contributed by atoms with Gasteiger partial charge in [0.05, 0.1) is 31.6 Å². The molecule has 0 spiro atoms. The summed E-state index contributed by atoms with van der Waals surface area (Å²) >= 11 is 0. The second kappa shape index (κ2) is 7.03. The van der Waals surface area contributed by atoms with E-state index >= 15 is 0 Å². The van der Waals surface area contributed by atoms with Crippen LogP contribution in [0.2, 0.25) is 0 Å². The van der Waals surface area contributed by atoms with Crippen molar-refractivity contribution in [3.8, 4) is 11.5 Å². The Hall–Kier alpha value is -1.70. The van der Waals surface area contributed by atoms with Crippen molar-refractivity contribution in [3.05, 3.63) is 24.4 Å². The van der Waals surface area contributed by atoms with E-state index in [2.05, 4.69) is 10.1 Å². The molecule has 0 atom stereocenters. The van der Waals surface area contributed by atoms with E-state index in [9.17, 15) is 0 Å². The van der Waals surface area contributed by atoms with E-state index in [-0.39, 0.29) is 6.61 Å². The standard InChI is InChI=1S/C12H17N3O4/c1-17-7-4-15(3-5-16)8-11-13-12(19-14-11)10-2-6-18-9-10/h2,6,9,16H,3-5,7-8H2,1H3. The molecule has 0 amide bonds. The van der Waals surface area contributed by atoms with Gasteiger partial charge < -0.3 is 18.8 Å². The first-order valence-corrected chi connectivity index (χ1v) is 6.00. The summed E-state index contributed by atoms with van der Waals surface area (Å²) in [4.78, 5) is 6.27. The van der Waals surface area contributed by atoms with Crippen molar-refractivity contribution < 1.29 is 18.8 Å². The first-order valence-electron chi connectivity index (χ1n) is 6.00. The van der Waals surface area contributed by atoms with Gasteiger partial charge in [0.25, 0.3) is 5.89 Å². The number of nitrogens with zero attached hydrogens (tertiary/aromatic N) is 3. The average Bonchev–Trinajstić information content (AvgIpc) is 3.06. The fourth-order valence-corrected chi connectivity index (χ4v) is 1.65. The third-order valence-corrected chi connectivity index (χ3v) is 2.63. The first-order chi connectivity index (χ1) is 9.33. The Bertz CT molecular complexity index is 469. The second-order valence-corrected chi connectivity index (χ2v) is 4.02. The Balaban J connectivity index is 1.97. The van der Waals surface area contributed by atoms with E-state index in [0.717, 1.165) is 5.56 Å². The van der Waals surface area contributed by atoms with Gasteiger partial charge in [0.2, 0.25) is 0 Å². The lowest BCUT2D eigenvalue weighted by atomic mass is 10.3. The number of aromatic nitrogens is 2. The van der Waals surface area contributed by atoms with Crippen LogP contribution in [-0.2, 0) is 11.3 Å². The van der Waals surface area contributed by atoms with Crippen molar-refractivity contribution in [2.45, 2.75) is 6.54 Å². The maximum Gasteiger partial charge on any atom is 0.261 e. The molecule has 0 fully saturated rings. The van der Waals surface area contributed by atoms with Crippen LogP contribution in [0.5, 0.6) is 0 Å². The predicted octanol–water partition coefficient (Wildman–Crippen LogP) is 0.770. The molecule has 0 saturated heterocycles. The van der Waals surface area contributed by atoms with Gasteiger partial charge in [-0.1, -0.05) is 5.16 Å². The SMILES string of the molecule is COCCN(CCO)Cc1noc(-c2ccoc2)n1. The number of ether oxygens (including phenoxy) is 1. The van der Waals surface area contributed by atoms with Crippen LogP contribution in [0.1, 0.15) is 5.82 Å². The van der Waals surface area contributed by atoms with Crippen LogP contribution in [0.3, 0.4) is 0 Å². The van der Waals surface area contributed by atoms with Gasteiger partial charge in [0, 0.05) is 20.2 Å². The molecule has 1 N–H and O–H groups in total. The Kier molecular flexibility index (Phi) is 5.08. The third kappa shape index (κ3) is 3.88. The van der Waals surface area contributed by atoms with E-state index in [1.165, 1.54) is 0 Å². The minimum atomic E-state index is 0.0795. The molecule has 19 heavy (non-hydrogen) atoms. The summed E-state index contributed by atoms with van der Waals surface area (Å²) in [6.07, 6.45) is 3.10. The Morgan fingerprint density at radius 2 is 2.32 bits per heavy atom. The fraction of sp³-hybridized carbons (Fsp3) is 0.500. The molecule has 0 aliphatic rings. The first kappa shape index (κ1) is 13.7. The van der Waals surface area contributed by atoms with E-state index in [1.54, 1.807) is 25.7 Å². The summed E-state index contributed by atoms with van der Waals surface area (Å²) in [5.74, 6) is 1.00. The summed E-state index contributed by atoms with van der Waals surface area (Å²) in [7, 11) is 1.64. The summed E-state index contributed by atoms with van der Waals surface area (Å²) in [5, 5.41) is 12.9. The van der Waals surface area contributed by atoms with Gasteiger partial charge in [-0.05, 0) is 6.07 Å². The zero-order valence-electron chi connectivity index (χ0n) is 10.8. The maximum absolute atomic E-state index is 9.01. The number of aliphatic hydroxyl groups excluding tert-OH is 1. The molecule has 2 aromatic heterocycles. The van der Waals surface area contributed by atoms with Gasteiger partial charge in [-0.3, -0.25) is 4.90 Å². The molecule has 2 rings (SSSR count). The maximum atomic E-state index is 9.01. The highest BCUT2D eigenvalue weighted by Gasteiger charge is 2.13. The van der Waals surface area contributed by atoms with E-state index in [0.29, 0.717) is 38.0 Å². The van der Waals surface area contributed by atoms with Crippen LogP contribution in [0.25, 0.3) is 11.5 Å². The monoisotopic (exact) mass is 267 g/mol. The molecule has 0 aromatic carbocycles. The predicted molar refractivity (Wildman–Crippen MR) is 66.2 cm³/mol. The number of rotatable bonds is 8. The molecule has 0 bridgehead atoms. The molecule has 2 aromatic rings. The van der Waals surface area contributed by atoms with Crippen molar-refractivity contribution in [2.24, 2.45) is 0 Å². The summed E-state index contributed by atoms with van der Waals surface area (Å²) in [6.45, 7) is 2.42. The minimum Gasteiger partial charge on any atom is -0.472 e. The smallest absolute Gasteiger partial charge is 0.261 e. The minimum absolute atomic E-state index is 0.0795. The van der Waals surface area contributed by atoms with E-state index in [1.807, 2.05) is 4.90 Å². The molecular weight excluding hydrogens is 250 g/mol. The highest BCUT2D eigenvalue weighted by Crippen LogP contribution is 2.17. The summed E-state index contributed by atoms with van der Waals surface area (Å²) in [5.41, 5.74) is 0.754. The topological polar surface area (TPSA) is 84.8 Å². The molecule has 104 valence electrons. The molecule has 0 unspecified atom stereocenters. The summed E-state index contributed by atoms with van der Waals surface area (Å²) < 4.78 is 15.1. The second-order valence-electron chi connectivity index (χ2n) is 4.02. The van der Waals surface area contributed by atoms with Gasteiger partial charge in [-0.15, -0.1) is 0 Å². The van der Waals surface area contributed by atoms with Gasteiger partial charge in [0.1, 0.15) is 6.26 Å². The average molecular weight is 267 g/mol. The zero-order chi connectivity index (χ0) is 13.5. The van der Waals surface area contributed by atoms with Crippen LogP contribution >= 0.6 is 0 Å². The molecule has 0 aliphatic heterocycles. The van der Waals surface area contributed by atoms with Crippen LogP contribution < -0.4 is 0 Å². The lowest BCUT2D eigenvalue weighted by Gasteiger charge is -2.18. The van der Waals surface area contributed by atoms with Gasteiger partial charge in [-0.2, -0.15) is 4.98 Å². The Labute approximate surface area is 110 Å². The molecule has 0 radical (unpaired) electrons. The lowest BCUT2D eigenvalue weighted by Crippen LogP contribution is -2.30. The molecule has 7 heteroatoms.